The van der Waals surface area contributed by atoms with Crippen LogP contribution in [0.25, 0.3) is 0 Å². The van der Waals surface area contributed by atoms with Crippen LogP contribution in [-0.2, 0) is 11.2 Å². The second-order valence-electron chi connectivity index (χ2n) is 7.40. The number of ether oxygens (including phenoxy) is 1. The second kappa shape index (κ2) is 11.3. The van der Waals surface area contributed by atoms with E-state index in [2.05, 4.69) is 25.9 Å². The van der Waals surface area contributed by atoms with E-state index < -0.39 is 6.61 Å². The summed E-state index contributed by atoms with van der Waals surface area (Å²) >= 11 is 0. The summed E-state index contributed by atoms with van der Waals surface area (Å²) in [5.74, 6) is 0.100. The molecule has 0 bridgehead atoms. The van der Waals surface area contributed by atoms with Gasteiger partial charge in [-0.2, -0.15) is 14.0 Å². The predicted octanol–water partition coefficient (Wildman–Crippen LogP) is 3.03. The zero-order valence-corrected chi connectivity index (χ0v) is 17.3. The number of amides is 1. The van der Waals surface area contributed by atoms with Crippen molar-refractivity contribution in [1.29, 1.82) is 5.26 Å². The molecule has 0 radical (unpaired) electrons. The third-order valence-electron chi connectivity index (χ3n) is 5.20. The van der Waals surface area contributed by atoms with Gasteiger partial charge in [-0.05, 0) is 54.8 Å². The first-order chi connectivity index (χ1) is 15.0. The van der Waals surface area contributed by atoms with E-state index in [1.54, 1.807) is 12.1 Å². The molecule has 0 spiro atoms. The number of halogens is 2. The minimum absolute atomic E-state index is 0.0236. The number of benzene rings is 2. The molecule has 1 amide bonds. The first kappa shape index (κ1) is 22.5. The van der Waals surface area contributed by atoms with Gasteiger partial charge in [0.15, 0.2) is 0 Å². The molecular weight excluding hydrogens is 402 g/mol. The Bertz CT molecular complexity index is 882. The van der Waals surface area contributed by atoms with Crippen LogP contribution in [-0.4, -0.2) is 56.7 Å². The number of rotatable bonds is 8. The van der Waals surface area contributed by atoms with Gasteiger partial charge in [0.2, 0.25) is 5.91 Å². The lowest BCUT2D eigenvalue weighted by Crippen LogP contribution is -2.39. The SMILES string of the molecule is N#Cc1ccc(N2CCCN(CC(=O)NCCc3ccc(OC(F)F)cc3)CC2)cc1. The van der Waals surface area contributed by atoms with Gasteiger partial charge in [-0.25, -0.2) is 0 Å². The fourth-order valence-electron chi connectivity index (χ4n) is 3.58. The van der Waals surface area contributed by atoms with Crippen LogP contribution in [0.5, 0.6) is 5.75 Å². The van der Waals surface area contributed by atoms with Gasteiger partial charge < -0.3 is 15.0 Å². The molecule has 1 heterocycles. The monoisotopic (exact) mass is 428 g/mol. The number of nitrogens with zero attached hydrogens (tertiary/aromatic N) is 3. The largest absolute Gasteiger partial charge is 0.435 e. The van der Waals surface area contributed by atoms with Crippen molar-refractivity contribution in [3.63, 3.8) is 0 Å². The van der Waals surface area contributed by atoms with Crippen molar-refractivity contribution < 1.29 is 18.3 Å². The molecule has 1 aliphatic rings. The van der Waals surface area contributed by atoms with E-state index in [4.69, 9.17) is 5.26 Å². The molecular formula is C23H26F2N4O2. The summed E-state index contributed by atoms with van der Waals surface area (Å²) < 4.78 is 28.7. The Morgan fingerprint density at radius 1 is 1.06 bits per heavy atom. The lowest BCUT2D eigenvalue weighted by atomic mass is 10.1. The summed E-state index contributed by atoms with van der Waals surface area (Å²) in [6, 6.07) is 16.1. The van der Waals surface area contributed by atoms with Gasteiger partial charge in [-0.3, -0.25) is 9.69 Å². The fourth-order valence-corrected chi connectivity index (χ4v) is 3.58. The molecule has 0 aromatic heterocycles. The molecule has 1 N–H and O–H groups in total. The molecule has 1 aliphatic heterocycles. The van der Waals surface area contributed by atoms with Crippen LogP contribution in [0.4, 0.5) is 14.5 Å². The van der Waals surface area contributed by atoms with Crippen molar-refractivity contribution in [2.75, 3.05) is 44.2 Å². The molecule has 8 heteroatoms. The third-order valence-corrected chi connectivity index (χ3v) is 5.20. The average Bonchev–Trinajstić information content (AvgIpc) is 3.00. The third kappa shape index (κ3) is 7.23. The number of carbonyl (C=O) groups excluding carboxylic acids is 1. The smallest absolute Gasteiger partial charge is 0.387 e. The molecule has 31 heavy (non-hydrogen) atoms. The highest BCUT2D eigenvalue weighted by molar-refractivity contribution is 5.78. The van der Waals surface area contributed by atoms with Crippen molar-refractivity contribution in [3.05, 3.63) is 59.7 Å². The minimum Gasteiger partial charge on any atom is -0.435 e. The predicted molar refractivity (Wildman–Crippen MR) is 114 cm³/mol. The fraction of sp³-hybridized carbons (Fsp3) is 0.391. The summed E-state index contributed by atoms with van der Waals surface area (Å²) in [5.41, 5.74) is 2.68. The van der Waals surface area contributed by atoms with E-state index >= 15 is 0 Å². The van der Waals surface area contributed by atoms with Crippen molar-refractivity contribution >= 4 is 11.6 Å². The number of nitrogens with one attached hydrogen (secondary N) is 1. The Morgan fingerprint density at radius 2 is 1.81 bits per heavy atom. The van der Waals surface area contributed by atoms with Crippen LogP contribution in [0.3, 0.4) is 0 Å². The van der Waals surface area contributed by atoms with Crippen LogP contribution in [0.1, 0.15) is 17.5 Å². The van der Waals surface area contributed by atoms with Crippen molar-refractivity contribution in [1.82, 2.24) is 10.2 Å². The topological polar surface area (TPSA) is 68.6 Å². The number of hydrogen-bond acceptors (Lipinski definition) is 5. The zero-order chi connectivity index (χ0) is 22.1. The van der Waals surface area contributed by atoms with Crippen LogP contribution in [0, 0.1) is 11.3 Å². The maximum atomic E-state index is 12.3. The maximum absolute atomic E-state index is 12.3. The number of alkyl halides is 2. The van der Waals surface area contributed by atoms with Gasteiger partial charge in [0.05, 0.1) is 18.2 Å². The van der Waals surface area contributed by atoms with Crippen LogP contribution in [0.2, 0.25) is 0 Å². The Morgan fingerprint density at radius 3 is 2.48 bits per heavy atom. The average molecular weight is 428 g/mol. The highest BCUT2D eigenvalue weighted by atomic mass is 19.3. The molecule has 0 unspecified atom stereocenters. The highest BCUT2D eigenvalue weighted by Crippen LogP contribution is 2.17. The lowest BCUT2D eigenvalue weighted by Gasteiger charge is -2.23. The normalized spacial score (nSPS) is 14.7. The van der Waals surface area contributed by atoms with E-state index in [0.717, 1.165) is 43.9 Å². The molecule has 1 fully saturated rings. The van der Waals surface area contributed by atoms with Gasteiger partial charge in [0, 0.05) is 38.4 Å². The molecule has 1 saturated heterocycles. The Labute approximate surface area is 181 Å². The standard InChI is InChI=1S/C23H26F2N4O2/c24-23(25)31-21-8-4-18(5-9-21)10-11-27-22(30)17-28-12-1-13-29(15-14-28)20-6-2-19(16-26)3-7-20/h2-9,23H,1,10-15,17H2,(H,27,30). The van der Waals surface area contributed by atoms with Gasteiger partial charge >= 0.3 is 6.61 Å². The molecule has 3 rings (SSSR count). The Balaban J connectivity index is 1.39. The van der Waals surface area contributed by atoms with Gasteiger partial charge in [0.1, 0.15) is 5.75 Å². The van der Waals surface area contributed by atoms with Crippen molar-refractivity contribution in [3.8, 4) is 11.8 Å². The highest BCUT2D eigenvalue weighted by Gasteiger charge is 2.17. The van der Waals surface area contributed by atoms with Crippen LogP contribution >= 0.6 is 0 Å². The van der Waals surface area contributed by atoms with Crippen molar-refractivity contribution in [2.45, 2.75) is 19.5 Å². The number of hydrogen-bond donors (Lipinski definition) is 1. The molecule has 0 aliphatic carbocycles. The molecule has 6 nitrogen and oxygen atoms in total. The van der Waals surface area contributed by atoms with E-state index in [1.807, 2.05) is 24.3 Å². The summed E-state index contributed by atoms with van der Waals surface area (Å²) in [5, 5.41) is 11.9. The summed E-state index contributed by atoms with van der Waals surface area (Å²) in [6.45, 7) is 1.38. The number of nitriles is 1. The van der Waals surface area contributed by atoms with E-state index in [-0.39, 0.29) is 11.7 Å². The molecule has 2 aromatic carbocycles. The number of anilines is 1. The van der Waals surface area contributed by atoms with E-state index in [0.29, 0.717) is 25.1 Å². The summed E-state index contributed by atoms with van der Waals surface area (Å²) in [4.78, 5) is 16.7. The van der Waals surface area contributed by atoms with Crippen molar-refractivity contribution in [2.24, 2.45) is 0 Å². The number of carbonyl (C=O) groups is 1. The Hall–Kier alpha value is -3.18. The minimum atomic E-state index is -2.83. The van der Waals surface area contributed by atoms with Crippen LogP contribution in [0.15, 0.2) is 48.5 Å². The molecule has 0 saturated carbocycles. The molecule has 2 aromatic rings. The quantitative estimate of drug-likeness (QED) is 0.700. The van der Waals surface area contributed by atoms with Gasteiger partial charge in [0.25, 0.3) is 0 Å². The van der Waals surface area contributed by atoms with Gasteiger partial charge in [-0.1, -0.05) is 12.1 Å². The summed E-state index contributed by atoms with van der Waals surface area (Å²) in [7, 11) is 0. The first-order valence-electron chi connectivity index (χ1n) is 10.3. The zero-order valence-electron chi connectivity index (χ0n) is 17.3. The van der Waals surface area contributed by atoms with Crippen LogP contribution < -0.4 is 15.0 Å². The first-order valence-corrected chi connectivity index (χ1v) is 10.3. The Kier molecular flexibility index (Phi) is 8.19. The molecule has 0 atom stereocenters. The summed E-state index contributed by atoms with van der Waals surface area (Å²) in [6.07, 6.45) is 1.58. The van der Waals surface area contributed by atoms with E-state index in [1.165, 1.54) is 12.1 Å². The second-order valence-corrected chi connectivity index (χ2v) is 7.40. The lowest BCUT2D eigenvalue weighted by molar-refractivity contribution is -0.122. The molecule has 164 valence electrons. The van der Waals surface area contributed by atoms with E-state index in [9.17, 15) is 13.6 Å². The maximum Gasteiger partial charge on any atom is 0.387 e. The van der Waals surface area contributed by atoms with Gasteiger partial charge in [-0.15, -0.1) is 0 Å².